The molecule has 7 nitrogen and oxygen atoms in total. The molecule has 5 rings (SSSR count). The van der Waals surface area contributed by atoms with Crippen LogP contribution in [0.4, 0.5) is 10.2 Å². The van der Waals surface area contributed by atoms with Gasteiger partial charge in [0, 0.05) is 39.0 Å². The van der Waals surface area contributed by atoms with Gasteiger partial charge in [0.1, 0.15) is 17.5 Å². The number of aryl methyl sites for hydroxylation is 1. The highest BCUT2D eigenvalue weighted by Gasteiger charge is 2.26. The minimum atomic E-state index is -0.269. The number of nitrogens with zero attached hydrogens (tertiary/aromatic N) is 6. The van der Waals surface area contributed by atoms with Crippen molar-refractivity contribution in [3.05, 3.63) is 41.6 Å². The fourth-order valence-electron chi connectivity index (χ4n) is 6.18. The molecule has 3 aromatic rings. The van der Waals surface area contributed by atoms with Crippen LogP contribution in [0.25, 0.3) is 16.7 Å². The first-order chi connectivity index (χ1) is 19.0. The molecule has 0 unspecified atom stereocenters. The highest BCUT2D eigenvalue weighted by molar-refractivity contribution is 5.91. The first-order valence-electron chi connectivity index (χ1n) is 15.1. The number of hydrogen-bond donors (Lipinski definition) is 0. The molecular formula is C31H43FN6O. The molecule has 39 heavy (non-hydrogen) atoms. The van der Waals surface area contributed by atoms with E-state index in [9.17, 15) is 9.18 Å². The molecule has 3 heterocycles. The molecular weight excluding hydrogens is 491 g/mol. The summed E-state index contributed by atoms with van der Waals surface area (Å²) >= 11 is 0. The van der Waals surface area contributed by atoms with Gasteiger partial charge >= 0.3 is 0 Å². The third-order valence-corrected chi connectivity index (χ3v) is 8.39. The summed E-state index contributed by atoms with van der Waals surface area (Å²) in [7, 11) is 0. The Bertz CT molecular complexity index is 1250. The number of halogens is 1. The molecule has 1 aliphatic heterocycles. The second-order valence-electron chi connectivity index (χ2n) is 11.4. The van der Waals surface area contributed by atoms with E-state index >= 15 is 0 Å². The Kier molecular flexibility index (Phi) is 9.09. The van der Waals surface area contributed by atoms with E-state index in [2.05, 4.69) is 11.8 Å². The van der Waals surface area contributed by atoms with E-state index in [0.29, 0.717) is 18.9 Å². The highest BCUT2D eigenvalue weighted by Crippen LogP contribution is 2.32. The normalized spacial score (nSPS) is 17.1. The highest BCUT2D eigenvalue weighted by atomic mass is 19.1. The Labute approximate surface area is 231 Å². The lowest BCUT2D eigenvalue weighted by Gasteiger charge is -2.25. The van der Waals surface area contributed by atoms with Crippen molar-refractivity contribution >= 4 is 22.8 Å². The van der Waals surface area contributed by atoms with Gasteiger partial charge < -0.3 is 9.80 Å². The Morgan fingerprint density at radius 3 is 2.51 bits per heavy atom. The van der Waals surface area contributed by atoms with Crippen molar-refractivity contribution < 1.29 is 9.18 Å². The fraction of sp³-hybridized carbons (Fsp3) is 0.613. The Morgan fingerprint density at radius 1 is 0.949 bits per heavy atom. The zero-order valence-electron chi connectivity index (χ0n) is 23.7. The van der Waals surface area contributed by atoms with Crippen LogP contribution in [0.1, 0.15) is 89.1 Å². The summed E-state index contributed by atoms with van der Waals surface area (Å²) in [6, 6.07) is 6.43. The molecule has 0 atom stereocenters. The molecule has 1 aromatic carbocycles. The predicted octanol–water partition coefficient (Wildman–Crippen LogP) is 6.39. The van der Waals surface area contributed by atoms with Crippen LogP contribution in [-0.4, -0.2) is 56.7 Å². The third kappa shape index (κ3) is 6.59. The molecule has 0 bridgehead atoms. The largest absolute Gasteiger partial charge is 0.354 e. The summed E-state index contributed by atoms with van der Waals surface area (Å²) in [6.07, 6.45) is 13.2. The number of fused-ring (bicyclic) bond motifs is 1. The average molecular weight is 535 g/mol. The maximum absolute atomic E-state index is 13.7. The second kappa shape index (κ2) is 12.9. The van der Waals surface area contributed by atoms with E-state index in [1.165, 1.54) is 57.1 Å². The van der Waals surface area contributed by atoms with E-state index in [-0.39, 0.29) is 11.7 Å². The molecule has 1 saturated carbocycles. The zero-order chi connectivity index (χ0) is 27.2. The number of benzene rings is 1. The number of unbranched alkanes of at least 4 members (excludes halogenated alkanes) is 3. The van der Waals surface area contributed by atoms with Gasteiger partial charge in [-0.25, -0.2) is 19.0 Å². The lowest BCUT2D eigenvalue weighted by Crippen LogP contribution is -2.35. The van der Waals surface area contributed by atoms with Gasteiger partial charge in [0.25, 0.3) is 0 Å². The van der Waals surface area contributed by atoms with Gasteiger partial charge in [-0.15, -0.1) is 0 Å². The van der Waals surface area contributed by atoms with Crippen LogP contribution >= 0.6 is 0 Å². The fourth-order valence-corrected chi connectivity index (χ4v) is 6.18. The molecule has 0 N–H and O–H groups in total. The Balaban J connectivity index is 1.44. The quantitative estimate of drug-likeness (QED) is 0.297. The molecule has 1 saturated heterocycles. The summed E-state index contributed by atoms with van der Waals surface area (Å²) in [5.41, 5.74) is 2.43. The molecule has 1 aliphatic carbocycles. The van der Waals surface area contributed by atoms with Gasteiger partial charge in [0.15, 0.2) is 5.65 Å². The van der Waals surface area contributed by atoms with Crippen molar-refractivity contribution in [1.82, 2.24) is 24.6 Å². The summed E-state index contributed by atoms with van der Waals surface area (Å²) in [6.45, 7) is 7.29. The second-order valence-corrected chi connectivity index (χ2v) is 11.4. The smallest absolute Gasteiger partial charge is 0.222 e. The van der Waals surface area contributed by atoms with Crippen molar-refractivity contribution in [2.45, 2.75) is 90.9 Å². The predicted molar refractivity (Wildman–Crippen MR) is 154 cm³/mol. The lowest BCUT2D eigenvalue weighted by atomic mass is 9.87. The van der Waals surface area contributed by atoms with Crippen molar-refractivity contribution in [3.63, 3.8) is 0 Å². The number of carbonyl (C=O) groups is 1. The molecule has 8 heteroatoms. The Morgan fingerprint density at radius 2 is 1.74 bits per heavy atom. The van der Waals surface area contributed by atoms with Gasteiger partial charge in [-0.05, 0) is 49.9 Å². The molecule has 0 spiro atoms. The van der Waals surface area contributed by atoms with Crippen LogP contribution in [0.5, 0.6) is 0 Å². The molecule has 2 fully saturated rings. The first kappa shape index (κ1) is 27.5. The molecule has 210 valence electrons. The van der Waals surface area contributed by atoms with Gasteiger partial charge in [-0.3, -0.25) is 4.79 Å². The van der Waals surface area contributed by atoms with E-state index in [4.69, 9.17) is 15.1 Å². The van der Waals surface area contributed by atoms with Crippen LogP contribution in [0.2, 0.25) is 0 Å². The molecule has 2 aliphatic rings. The number of hydrogen-bond acceptors (Lipinski definition) is 5. The number of carbonyl (C=O) groups excluding carboxylic acids is 1. The van der Waals surface area contributed by atoms with Gasteiger partial charge in [0.05, 0.1) is 16.8 Å². The Hall–Kier alpha value is -3.03. The standard InChI is InChI=1S/C31H43FN6O/c1-3-4-5-9-13-28(39)36-18-10-19-37(21-20-36)30-29-23(2)35-38(26-16-14-25(32)15-17-26)31(29)34-27(33-30)22-24-11-7-6-8-12-24/h14-17,24H,3-13,18-22H2,1-2H3. The van der Waals surface area contributed by atoms with E-state index in [1.807, 2.05) is 16.5 Å². The molecule has 1 amide bonds. The van der Waals surface area contributed by atoms with Crippen molar-refractivity contribution in [2.75, 3.05) is 31.1 Å². The summed E-state index contributed by atoms with van der Waals surface area (Å²) in [5, 5.41) is 5.80. The van der Waals surface area contributed by atoms with Gasteiger partial charge in [-0.1, -0.05) is 58.3 Å². The molecule has 0 radical (unpaired) electrons. The van der Waals surface area contributed by atoms with Crippen LogP contribution < -0.4 is 4.90 Å². The molecule has 2 aromatic heterocycles. The minimum Gasteiger partial charge on any atom is -0.354 e. The van der Waals surface area contributed by atoms with Crippen LogP contribution in [0, 0.1) is 18.7 Å². The van der Waals surface area contributed by atoms with Crippen molar-refractivity contribution in [2.24, 2.45) is 5.92 Å². The number of amides is 1. The maximum Gasteiger partial charge on any atom is 0.222 e. The van der Waals surface area contributed by atoms with Crippen molar-refractivity contribution in [1.29, 1.82) is 0 Å². The lowest BCUT2D eigenvalue weighted by molar-refractivity contribution is -0.131. The number of aromatic nitrogens is 4. The third-order valence-electron chi connectivity index (χ3n) is 8.39. The van der Waals surface area contributed by atoms with Crippen LogP contribution in [0.15, 0.2) is 24.3 Å². The average Bonchev–Trinajstić information content (AvgIpc) is 3.11. The minimum absolute atomic E-state index is 0.269. The monoisotopic (exact) mass is 534 g/mol. The van der Waals surface area contributed by atoms with E-state index in [0.717, 1.165) is 79.4 Å². The van der Waals surface area contributed by atoms with Crippen molar-refractivity contribution in [3.8, 4) is 5.69 Å². The van der Waals surface area contributed by atoms with E-state index in [1.54, 1.807) is 12.1 Å². The number of anilines is 1. The maximum atomic E-state index is 13.7. The van der Waals surface area contributed by atoms with Crippen LogP contribution in [-0.2, 0) is 11.2 Å². The zero-order valence-corrected chi connectivity index (χ0v) is 23.7. The van der Waals surface area contributed by atoms with Gasteiger partial charge in [-0.2, -0.15) is 5.10 Å². The summed E-state index contributed by atoms with van der Waals surface area (Å²) in [5.74, 6) is 2.40. The SMILES string of the molecule is CCCCCCC(=O)N1CCCN(c2nc(CC3CCCCC3)nc3c2c(C)nn3-c2ccc(F)cc2)CC1. The first-order valence-corrected chi connectivity index (χ1v) is 15.1. The van der Waals surface area contributed by atoms with Gasteiger partial charge in [0.2, 0.25) is 5.91 Å². The summed E-state index contributed by atoms with van der Waals surface area (Å²) in [4.78, 5) is 27.5. The van der Waals surface area contributed by atoms with E-state index < -0.39 is 0 Å². The number of rotatable bonds is 9. The summed E-state index contributed by atoms with van der Waals surface area (Å²) < 4.78 is 15.5. The topological polar surface area (TPSA) is 67.2 Å². The van der Waals surface area contributed by atoms with Crippen LogP contribution in [0.3, 0.4) is 0 Å².